The Morgan fingerprint density at radius 1 is 1.32 bits per heavy atom. The van der Waals surface area contributed by atoms with Crippen LogP contribution < -0.4 is 11.1 Å². The highest BCUT2D eigenvalue weighted by molar-refractivity contribution is 7.11. The molecule has 100 valence electrons. The molecule has 5 heteroatoms. The average molecular weight is 275 g/mol. The van der Waals surface area contributed by atoms with Crippen molar-refractivity contribution in [3.8, 4) is 0 Å². The lowest BCUT2D eigenvalue weighted by Crippen LogP contribution is -2.11. The summed E-state index contributed by atoms with van der Waals surface area (Å²) in [7, 11) is 0. The van der Waals surface area contributed by atoms with Gasteiger partial charge in [0, 0.05) is 16.1 Å². The molecule has 0 saturated heterocycles. The second kappa shape index (κ2) is 5.40. The van der Waals surface area contributed by atoms with Gasteiger partial charge in [-0.3, -0.25) is 4.79 Å². The molecule has 0 saturated carbocycles. The predicted molar refractivity (Wildman–Crippen MR) is 78.6 cm³/mol. The van der Waals surface area contributed by atoms with Gasteiger partial charge in [-0.15, -0.1) is 11.3 Å². The number of carbonyl (C=O) groups is 1. The molecule has 0 aliphatic heterocycles. The van der Waals surface area contributed by atoms with Gasteiger partial charge in [0.1, 0.15) is 5.01 Å². The number of aryl methyl sites for hydroxylation is 3. The van der Waals surface area contributed by atoms with Gasteiger partial charge in [0.2, 0.25) is 5.91 Å². The first kappa shape index (κ1) is 13.5. The molecule has 1 aromatic carbocycles. The van der Waals surface area contributed by atoms with E-state index in [1.165, 1.54) is 4.88 Å². The van der Waals surface area contributed by atoms with Crippen molar-refractivity contribution in [3.63, 3.8) is 0 Å². The number of carbonyl (C=O) groups excluding carboxylic acids is 1. The van der Waals surface area contributed by atoms with E-state index in [0.717, 1.165) is 22.0 Å². The molecule has 1 heterocycles. The molecule has 0 bridgehead atoms. The van der Waals surface area contributed by atoms with Crippen molar-refractivity contribution in [2.24, 2.45) is 5.73 Å². The summed E-state index contributed by atoms with van der Waals surface area (Å²) in [4.78, 5) is 16.9. The third-order valence-electron chi connectivity index (χ3n) is 2.88. The SMILES string of the molecule is Cc1cc(NCc2nc(C)c(C)s2)cc(C(N)=O)c1. The van der Waals surface area contributed by atoms with E-state index in [0.29, 0.717) is 12.1 Å². The summed E-state index contributed by atoms with van der Waals surface area (Å²) in [6.07, 6.45) is 0. The first-order valence-electron chi connectivity index (χ1n) is 6.04. The third kappa shape index (κ3) is 3.32. The molecule has 3 N–H and O–H groups in total. The number of thiazole rings is 1. The largest absolute Gasteiger partial charge is 0.378 e. The number of hydrogen-bond acceptors (Lipinski definition) is 4. The Bertz CT molecular complexity index is 600. The fourth-order valence-corrected chi connectivity index (χ4v) is 2.69. The molecule has 0 fully saturated rings. The number of nitrogens with one attached hydrogen (secondary N) is 1. The number of nitrogens with two attached hydrogens (primary N) is 1. The van der Waals surface area contributed by atoms with E-state index in [-0.39, 0.29) is 0 Å². The first-order valence-corrected chi connectivity index (χ1v) is 6.85. The second-order valence-corrected chi connectivity index (χ2v) is 5.84. The molecule has 19 heavy (non-hydrogen) atoms. The van der Waals surface area contributed by atoms with Crippen LogP contribution in [0.25, 0.3) is 0 Å². The van der Waals surface area contributed by atoms with Crippen LogP contribution in [0.2, 0.25) is 0 Å². The van der Waals surface area contributed by atoms with Crippen LogP contribution in [0.5, 0.6) is 0 Å². The van der Waals surface area contributed by atoms with Gasteiger partial charge < -0.3 is 11.1 Å². The summed E-state index contributed by atoms with van der Waals surface area (Å²) in [5.41, 5.74) is 8.79. The zero-order chi connectivity index (χ0) is 14.0. The highest BCUT2D eigenvalue weighted by Crippen LogP contribution is 2.19. The van der Waals surface area contributed by atoms with Crippen LogP contribution in [-0.4, -0.2) is 10.9 Å². The Hall–Kier alpha value is -1.88. The first-order chi connectivity index (χ1) is 8.95. The molecule has 0 atom stereocenters. The maximum atomic E-state index is 11.2. The molecule has 4 nitrogen and oxygen atoms in total. The number of rotatable bonds is 4. The van der Waals surface area contributed by atoms with Crippen LogP contribution in [0, 0.1) is 20.8 Å². The smallest absolute Gasteiger partial charge is 0.248 e. The molecule has 2 aromatic rings. The molecule has 0 aliphatic carbocycles. The van der Waals surface area contributed by atoms with Gasteiger partial charge in [-0.1, -0.05) is 0 Å². The fraction of sp³-hybridized carbons (Fsp3) is 0.286. The van der Waals surface area contributed by atoms with Crippen molar-refractivity contribution in [1.82, 2.24) is 4.98 Å². The zero-order valence-corrected chi connectivity index (χ0v) is 12.1. The molecular formula is C14H17N3OS. The Balaban J connectivity index is 2.13. The average Bonchev–Trinajstić information content (AvgIpc) is 2.65. The molecule has 0 spiro atoms. The molecule has 1 aromatic heterocycles. The standard InChI is InChI=1S/C14H17N3OS/c1-8-4-11(14(15)18)6-12(5-8)16-7-13-17-9(2)10(3)19-13/h4-6,16H,7H2,1-3H3,(H2,15,18). The summed E-state index contributed by atoms with van der Waals surface area (Å²) in [6.45, 7) is 6.66. The fourth-order valence-electron chi connectivity index (χ4n) is 1.82. The van der Waals surface area contributed by atoms with E-state index >= 15 is 0 Å². The van der Waals surface area contributed by atoms with E-state index < -0.39 is 5.91 Å². The van der Waals surface area contributed by atoms with E-state index in [2.05, 4.69) is 17.2 Å². The van der Waals surface area contributed by atoms with Crippen molar-refractivity contribution in [3.05, 3.63) is 44.9 Å². The number of anilines is 1. The molecule has 0 aliphatic rings. The van der Waals surface area contributed by atoms with Crippen molar-refractivity contribution in [2.75, 3.05) is 5.32 Å². The van der Waals surface area contributed by atoms with Gasteiger partial charge in [-0.25, -0.2) is 4.98 Å². The van der Waals surface area contributed by atoms with Gasteiger partial charge in [0.15, 0.2) is 0 Å². The Labute approximate surface area is 116 Å². The third-order valence-corrected chi connectivity index (χ3v) is 3.95. The Morgan fingerprint density at radius 2 is 2.05 bits per heavy atom. The maximum absolute atomic E-state index is 11.2. The lowest BCUT2D eigenvalue weighted by Gasteiger charge is -2.07. The Kier molecular flexibility index (Phi) is 3.85. The second-order valence-electron chi connectivity index (χ2n) is 4.55. The van der Waals surface area contributed by atoms with E-state index in [1.54, 1.807) is 23.5 Å². The number of nitrogens with zero attached hydrogens (tertiary/aromatic N) is 1. The van der Waals surface area contributed by atoms with Crippen molar-refractivity contribution in [1.29, 1.82) is 0 Å². The normalized spacial score (nSPS) is 10.5. The van der Waals surface area contributed by atoms with Crippen molar-refractivity contribution in [2.45, 2.75) is 27.3 Å². The number of primary amides is 1. The summed E-state index contributed by atoms with van der Waals surface area (Å²) in [6, 6.07) is 5.54. The van der Waals surface area contributed by atoms with E-state index in [9.17, 15) is 4.79 Å². The van der Waals surface area contributed by atoms with Gasteiger partial charge in [-0.05, 0) is 44.5 Å². The zero-order valence-electron chi connectivity index (χ0n) is 11.3. The summed E-state index contributed by atoms with van der Waals surface area (Å²) >= 11 is 1.68. The minimum atomic E-state index is -0.410. The van der Waals surface area contributed by atoms with Crippen LogP contribution in [0.4, 0.5) is 5.69 Å². The summed E-state index contributed by atoms with van der Waals surface area (Å²) < 4.78 is 0. The number of amides is 1. The van der Waals surface area contributed by atoms with Crippen LogP contribution in [-0.2, 0) is 6.54 Å². The van der Waals surface area contributed by atoms with E-state index in [1.807, 2.05) is 19.9 Å². The van der Waals surface area contributed by atoms with Crippen molar-refractivity contribution >= 4 is 22.9 Å². The monoisotopic (exact) mass is 275 g/mol. The molecular weight excluding hydrogens is 258 g/mol. The van der Waals surface area contributed by atoms with E-state index in [4.69, 9.17) is 5.73 Å². The predicted octanol–water partition coefficient (Wildman–Crippen LogP) is 2.78. The summed E-state index contributed by atoms with van der Waals surface area (Å²) in [5, 5.41) is 4.32. The van der Waals surface area contributed by atoms with Gasteiger partial charge >= 0.3 is 0 Å². The van der Waals surface area contributed by atoms with Gasteiger partial charge in [-0.2, -0.15) is 0 Å². The van der Waals surface area contributed by atoms with Gasteiger partial charge in [0.25, 0.3) is 0 Å². The van der Waals surface area contributed by atoms with Crippen molar-refractivity contribution < 1.29 is 4.79 Å². The highest BCUT2D eigenvalue weighted by Gasteiger charge is 2.06. The number of aromatic nitrogens is 1. The molecule has 0 unspecified atom stereocenters. The quantitative estimate of drug-likeness (QED) is 0.901. The molecule has 2 rings (SSSR count). The molecule has 1 amide bonds. The lowest BCUT2D eigenvalue weighted by atomic mass is 10.1. The minimum Gasteiger partial charge on any atom is -0.378 e. The van der Waals surface area contributed by atoms with Crippen LogP contribution in [0.15, 0.2) is 18.2 Å². The van der Waals surface area contributed by atoms with Gasteiger partial charge in [0.05, 0.1) is 12.2 Å². The van der Waals surface area contributed by atoms with Crippen LogP contribution >= 0.6 is 11.3 Å². The number of hydrogen-bond donors (Lipinski definition) is 2. The van der Waals surface area contributed by atoms with Crippen LogP contribution in [0.1, 0.15) is 31.5 Å². The van der Waals surface area contributed by atoms with Crippen LogP contribution in [0.3, 0.4) is 0 Å². The lowest BCUT2D eigenvalue weighted by molar-refractivity contribution is 0.1000. The summed E-state index contributed by atoms with van der Waals surface area (Å²) in [5.74, 6) is -0.410. The minimum absolute atomic E-state index is 0.410. The number of benzene rings is 1. The highest BCUT2D eigenvalue weighted by atomic mass is 32.1. The molecule has 0 radical (unpaired) electrons. The topological polar surface area (TPSA) is 68.0 Å². The maximum Gasteiger partial charge on any atom is 0.248 e. The Morgan fingerprint density at radius 3 is 2.63 bits per heavy atom.